The van der Waals surface area contributed by atoms with E-state index in [0.29, 0.717) is 21.7 Å². The fourth-order valence-electron chi connectivity index (χ4n) is 1.91. The monoisotopic (exact) mass is 352 g/mol. The molecule has 1 aromatic heterocycles. The molecule has 0 bridgehead atoms. The van der Waals surface area contributed by atoms with Crippen molar-refractivity contribution in [3.05, 3.63) is 46.2 Å². The standard InChI is InChI=1S/C16H18Cl2N4O/c1-2-3-4-8-19-16-20-9-7-14(22-16)15(23)21-11-5-6-12(17)13(18)10-11/h5-7,9-10H,2-4,8H2,1H3,(H,21,23)(H,19,20,22). The van der Waals surface area contributed by atoms with Gasteiger partial charge in [-0.25, -0.2) is 9.97 Å². The first-order chi connectivity index (χ1) is 11.1. The van der Waals surface area contributed by atoms with Gasteiger partial charge in [-0.15, -0.1) is 0 Å². The molecule has 122 valence electrons. The molecule has 0 unspecified atom stereocenters. The summed E-state index contributed by atoms with van der Waals surface area (Å²) in [5.41, 5.74) is 0.838. The largest absolute Gasteiger partial charge is 0.354 e. The van der Waals surface area contributed by atoms with Crippen molar-refractivity contribution in [3.8, 4) is 0 Å². The summed E-state index contributed by atoms with van der Waals surface area (Å²) in [5, 5.41) is 6.66. The van der Waals surface area contributed by atoms with Crippen LogP contribution in [-0.4, -0.2) is 22.4 Å². The highest BCUT2D eigenvalue weighted by molar-refractivity contribution is 6.42. The fraction of sp³-hybridized carbons (Fsp3) is 0.312. The number of aromatic nitrogens is 2. The summed E-state index contributed by atoms with van der Waals surface area (Å²) in [6.45, 7) is 2.93. The second kappa shape index (κ2) is 8.70. The number of unbranched alkanes of at least 4 members (excludes halogenated alkanes) is 2. The predicted octanol–water partition coefficient (Wildman–Crippen LogP) is 4.64. The Kier molecular flexibility index (Phi) is 6.62. The lowest BCUT2D eigenvalue weighted by Gasteiger charge is -2.08. The van der Waals surface area contributed by atoms with Crippen molar-refractivity contribution in [2.75, 3.05) is 17.2 Å². The van der Waals surface area contributed by atoms with Gasteiger partial charge < -0.3 is 10.6 Å². The van der Waals surface area contributed by atoms with Gasteiger partial charge in [-0.3, -0.25) is 4.79 Å². The number of carbonyl (C=O) groups excluding carboxylic acids is 1. The van der Waals surface area contributed by atoms with Crippen LogP contribution in [0.3, 0.4) is 0 Å². The SMILES string of the molecule is CCCCCNc1nccc(C(=O)Nc2ccc(Cl)c(Cl)c2)n1. The van der Waals surface area contributed by atoms with E-state index in [0.717, 1.165) is 25.8 Å². The summed E-state index contributed by atoms with van der Waals surface area (Å²) in [4.78, 5) is 20.6. The first-order valence-electron chi connectivity index (χ1n) is 7.43. The Morgan fingerprint density at radius 2 is 2.00 bits per heavy atom. The molecule has 0 radical (unpaired) electrons. The summed E-state index contributed by atoms with van der Waals surface area (Å²) >= 11 is 11.8. The molecule has 7 heteroatoms. The maximum absolute atomic E-state index is 12.2. The van der Waals surface area contributed by atoms with Crippen LogP contribution in [0.2, 0.25) is 10.0 Å². The zero-order valence-electron chi connectivity index (χ0n) is 12.8. The Hall–Kier alpha value is -1.85. The van der Waals surface area contributed by atoms with Gasteiger partial charge in [0.25, 0.3) is 5.91 Å². The lowest BCUT2D eigenvalue weighted by molar-refractivity contribution is 0.102. The molecule has 0 saturated carbocycles. The lowest BCUT2D eigenvalue weighted by Crippen LogP contribution is -2.15. The molecule has 2 aromatic rings. The van der Waals surface area contributed by atoms with E-state index in [1.54, 1.807) is 30.5 Å². The summed E-state index contributed by atoms with van der Waals surface area (Å²) in [6, 6.07) is 6.45. The maximum atomic E-state index is 12.2. The molecule has 0 spiro atoms. The van der Waals surface area contributed by atoms with Crippen LogP contribution in [0.1, 0.15) is 36.7 Å². The van der Waals surface area contributed by atoms with E-state index in [9.17, 15) is 4.79 Å². The molecular formula is C16H18Cl2N4O. The molecule has 1 heterocycles. The number of hydrogen-bond acceptors (Lipinski definition) is 4. The van der Waals surface area contributed by atoms with Crippen LogP contribution in [-0.2, 0) is 0 Å². The highest BCUT2D eigenvalue weighted by Crippen LogP contribution is 2.25. The predicted molar refractivity (Wildman–Crippen MR) is 94.5 cm³/mol. The number of carbonyl (C=O) groups is 1. The van der Waals surface area contributed by atoms with Gasteiger partial charge in [-0.05, 0) is 30.7 Å². The molecule has 0 saturated heterocycles. The molecule has 1 amide bonds. The summed E-state index contributed by atoms with van der Waals surface area (Å²) < 4.78 is 0. The van der Waals surface area contributed by atoms with Gasteiger partial charge in [0, 0.05) is 18.4 Å². The normalized spacial score (nSPS) is 10.4. The van der Waals surface area contributed by atoms with Crippen LogP contribution in [0, 0.1) is 0 Å². The van der Waals surface area contributed by atoms with Crippen molar-refractivity contribution < 1.29 is 4.79 Å². The zero-order chi connectivity index (χ0) is 16.7. The number of hydrogen-bond donors (Lipinski definition) is 2. The van der Waals surface area contributed by atoms with E-state index >= 15 is 0 Å². The smallest absolute Gasteiger partial charge is 0.274 e. The van der Waals surface area contributed by atoms with Crippen LogP contribution < -0.4 is 10.6 Å². The van der Waals surface area contributed by atoms with Crippen LogP contribution in [0.4, 0.5) is 11.6 Å². The molecule has 5 nitrogen and oxygen atoms in total. The third kappa shape index (κ3) is 5.37. The quantitative estimate of drug-likeness (QED) is 0.712. The average Bonchev–Trinajstić information content (AvgIpc) is 2.55. The minimum Gasteiger partial charge on any atom is -0.354 e. The van der Waals surface area contributed by atoms with Crippen LogP contribution in [0.15, 0.2) is 30.5 Å². The van der Waals surface area contributed by atoms with Crippen molar-refractivity contribution in [1.29, 1.82) is 0 Å². The van der Waals surface area contributed by atoms with Crippen molar-refractivity contribution in [2.45, 2.75) is 26.2 Å². The third-order valence-corrected chi connectivity index (χ3v) is 3.87. The number of benzene rings is 1. The second-order valence-electron chi connectivity index (χ2n) is 4.98. The van der Waals surface area contributed by atoms with E-state index in [1.165, 1.54) is 0 Å². The number of nitrogens with zero attached hydrogens (tertiary/aromatic N) is 2. The first-order valence-corrected chi connectivity index (χ1v) is 8.19. The van der Waals surface area contributed by atoms with Gasteiger partial charge in [-0.1, -0.05) is 43.0 Å². The third-order valence-electron chi connectivity index (χ3n) is 3.13. The van der Waals surface area contributed by atoms with Crippen LogP contribution >= 0.6 is 23.2 Å². The van der Waals surface area contributed by atoms with Gasteiger partial charge in [0.2, 0.25) is 5.95 Å². The van der Waals surface area contributed by atoms with E-state index in [1.807, 2.05) is 0 Å². The van der Waals surface area contributed by atoms with Gasteiger partial charge in [0.05, 0.1) is 10.0 Å². The number of rotatable bonds is 7. The van der Waals surface area contributed by atoms with Gasteiger partial charge >= 0.3 is 0 Å². The van der Waals surface area contributed by atoms with Crippen molar-refractivity contribution in [3.63, 3.8) is 0 Å². The molecule has 23 heavy (non-hydrogen) atoms. The molecular weight excluding hydrogens is 335 g/mol. The van der Waals surface area contributed by atoms with Crippen LogP contribution in [0.25, 0.3) is 0 Å². The summed E-state index contributed by atoms with van der Waals surface area (Å²) in [7, 11) is 0. The Morgan fingerprint density at radius 1 is 1.17 bits per heavy atom. The van der Waals surface area contributed by atoms with Crippen molar-refractivity contribution in [2.24, 2.45) is 0 Å². The number of nitrogens with one attached hydrogen (secondary N) is 2. The molecule has 0 atom stereocenters. The molecule has 0 aliphatic heterocycles. The minimum atomic E-state index is -0.331. The van der Waals surface area contributed by atoms with Gasteiger partial charge in [0.1, 0.15) is 5.69 Å². The molecule has 2 N–H and O–H groups in total. The van der Waals surface area contributed by atoms with Gasteiger partial charge in [-0.2, -0.15) is 0 Å². The highest BCUT2D eigenvalue weighted by Gasteiger charge is 2.10. The van der Waals surface area contributed by atoms with Crippen molar-refractivity contribution >= 4 is 40.7 Å². The van der Waals surface area contributed by atoms with Crippen LogP contribution in [0.5, 0.6) is 0 Å². The summed E-state index contributed by atoms with van der Waals surface area (Å²) in [6.07, 6.45) is 4.89. The van der Waals surface area contributed by atoms with E-state index < -0.39 is 0 Å². The van der Waals surface area contributed by atoms with E-state index in [-0.39, 0.29) is 11.6 Å². The summed E-state index contributed by atoms with van der Waals surface area (Å²) in [5.74, 6) is 0.116. The number of amides is 1. The molecule has 1 aromatic carbocycles. The van der Waals surface area contributed by atoms with E-state index in [4.69, 9.17) is 23.2 Å². The highest BCUT2D eigenvalue weighted by atomic mass is 35.5. The van der Waals surface area contributed by atoms with Gasteiger partial charge in [0.15, 0.2) is 0 Å². The first kappa shape index (κ1) is 17.5. The number of anilines is 2. The van der Waals surface area contributed by atoms with Crippen molar-refractivity contribution in [1.82, 2.24) is 9.97 Å². The average molecular weight is 353 g/mol. The Labute approximate surface area is 145 Å². The maximum Gasteiger partial charge on any atom is 0.274 e. The topological polar surface area (TPSA) is 66.9 Å². The zero-order valence-corrected chi connectivity index (χ0v) is 14.3. The Bertz CT molecular complexity index is 679. The Balaban J connectivity index is 2.00. The number of halogens is 2. The molecule has 0 fully saturated rings. The molecule has 0 aliphatic rings. The second-order valence-corrected chi connectivity index (χ2v) is 5.80. The molecule has 0 aliphatic carbocycles. The molecule has 2 rings (SSSR count). The van der Waals surface area contributed by atoms with E-state index in [2.05, 4.69) is 27.5 Å². The minimum absolute atomic E-state index is 0.282. The Morgan fingerprint density at radius 3 is 2.74 bits per heavy atom. The lowest BCUT2D eigenvalue weighted by atomic mass is 10.2. The fourth-order valence-corrected chi connectivity index (χ4v) is 2.21.